The van der Waals surface area contributed by atoms with E-state index in [1.807, 2.05) is 20.8 Å². The molecule has 82 valence electrons. The molecule has 15 heavy (non-hydrogen) atoms. The third-order valence-corrected chi connectivity index (χ3v) is 2.80. The second kappa shape index (κ2) is 4.13. The summed E-state index contributed by atoms with van der Waals surface area (Å²) in [6, 6.07) is 4.48. The summed E-state index contributed by atoms with van der Waals surface area (Å²) in [6.45, 7) is 7.52. The number of carbonyl (C=O) groups is 1. The van der Waals surface area contributed by atoms with Crippen LogP contribution < -0.4 is 0 Å². The quantitative estimate of drug-likeness (QED) is 0.691. The SMILES string of the molecule is CCC(C)(C)C(=O)c1cc(C)cc(F)c1. The van der Waals surface area contributed by atoms with Gasteiger partial charge >= 0.3 is 0 Å². The van der Waals surface area contributed by atoms with Gasteiger partial charge in [0.05, 0.1) is 0 Å². The molecule has 2 heteroatoms. The number of hydrogen-bond acceptors (Lipinski definition) is 1. The van der Waals surface area contributed by atoms with Crippen LogP contribution in [0.1, 0.15) is 43.1 Å². The number of ketones is 1. The van der Waals surface area contributed by atoms with E-state index in [1.165, 1.54) is 12.1 Å². The standard InChI is InChI=1S/C13H17FO/c1-5-13(3,4)12(15)10-6-9(2)7-11(14)8-10/h6-8H,5H2,1-4H3. The first-order chi connectivity index (χ1) is 6.86. The molecule has 0 radical (unpaired) electrons. The van der Waals surface area contributed by atoms with Gasteiger partial charge in [0.1, 0.15) is 5.82 Å². The van der Waals surface area contributed by atoms with Crippen LogP contribution in [-0.4, -0.2) is 5.78 Å². The number of aryl methyl sites for hydroxylation is 1. The van der Waals surface area contributed by atoms with Gasteiger partial charge in [-0.15, -0.1) is 0 Å². The van der Waals surface area contributed by atoms with Crippen LogP contribution in [0.5, 0.6) is 0 Å². The summed E-state index contributed by atoms with van der Waals surface area (Å²) in [4.78, 5) is 12.0. The Morgan fingerprint density at radius 2 is 1.93 bits per heavy atom. The van der Waals surface area contributed by atoms with E-state index in [2.05, 4.69) is 0 Å². The molecule has 0 fully saturated rings. The normalized spacial score (nSPS) is 11.5. The molecular weight excluding hydrogens is 191 g/mol. The van der Waals surface area contributed by atoms with Crippen LogP contribution in [-0.2, 0) is 0 Å². The van der Waals surface area contributed by atoms with E-state index in [0.717, 1.165) is 12.0 Å². The van der Waals surface area contributed by atoms with Crippen LogP contribution in [0.3, 0.4) is 0 Å². The van der Waals surface area contributed by atoms with E-state index in [9.17, 15) is 9.18 Å². The van der Waals surface area contributed by atoms with Gasteiger partial charge in [-0.3, -0.25) is 4.79 Å². The van der Waals surface area contributed by atoms with Crippen molar-refractivity contribution in [2.24, 2.45) is 5.41 Å². The van der Waals surface area contributed by atoms with Gasteiger partial charge in [0.2, 0.25) is 0 Å². The summed E-state index contributed by atoms with van der Waals surface area (Å²) in [7, 11) is 0. The number of Topliss-reactive ketones (excluding diaryl/α,β-unsaturated/α-hetero) is 1. The summed E-state index contributed by atoms with van der Waals surface area (Å²) in [5, 5.41) is 0. The summed E-state index contributed by atoms with van der Waals surface area (Å²) < 4.78 is 13.1. The van der Waals surface area contributed by atoms with Gasteiger partial charge in [0.15, 0.2) is 5.78 Å². The minimum Gasteiger partial charge on any atom is -0.294 e. The Kier molecular flexibility index (Phi) is 3.28. The van der Waals surface area contributed by atoms with Crippen LogP contribution in [0.2, 0.25) is 0 Å². The maximum atomic E-state index is 13.1. The van der Waals surface area contributed by atoms with E-state index < -0.39 is 5.41 Å². The monoisotopic (exact) mass is 208 g/mol. The van der Waals surface area contributed by atoms with Gasteiger partial charge in [-0.05, 0) is 37.1 Å². The van der Waals surface area contributed by atoms with Crippen LogP contribution in [0.25, 0.3) is 0 Å². The van der Waals surface area contributed by atoms with E-state index in [1.54, 1.807) is 13.0 Å². The molecule has 1 aromatic rings. The molecule has 0 saturated carbocycles. The van der Waals surface area contributed by atoms with Crippen molar-refractivity contribution >= 4 is 5.78 Å². The highest BCUT2D eigenvalue weighted by Gasteiger charge is 2.26. The van der Waals surface area contributed by atoms with Crippen LogP contribution in [0.4, 0.5) is 4.39 Å². The fourth-order valence-corrected chi connectivity index (χ4v) is 1.42. The first-order valence-corrected chi connectivity index (χ1v) is 5.19. The van der Waals surface area contributed by atoms with Gasteiger partial charge < -0.3 is 0 Å². The summed E-state index contributed by atoms with van der Waals surface area (Å²) in [5.74, 6) is -0.335. The highest BCUT2D eigenvalue weighted by atomic mass is 19.1. The maximum Gasteiger partial charge on any atom is 0.168 e. The van der Waals surface area contributed by atoms with Gasteiger partial charge in [-0.25, -0.2) is 4.39 Å². The van der Waals surface area contributed by atoms with Crippen molar-refractivity contribution in [1.29, 1.82) is 0 Å². The molecule has 0 aliphatic rings. The number of hydrogen-bond donors (Lipinski definition) is 0. The lowest BCUT2D eigenvalue weighted by molar-refractivity contribution is 0.0832. The Hall–Kier alpha value is -1.18. The average Bonchev–Trinajstić information content (AvgIpc) is 2.15. The predicted octanol–water partition coefficient (Wildman–Crippen LogP) is 3.75. The van der Waals surface area contributed by atoms with E-state index in [0.29, 0.717) is 5.56 Å². The van der Waals surface area contributed by atoms with E-state index >= 15 is 0 Å². The lowest BCUT2D eigenvalue weighted by Gasteiger charge is -2.21. The van der Waals surface area contributed by atoms with Crippen molar-refractivity contribution in [1.82, 2.24) is 0 Å². The first-order valence-electron chi connectivity index (χ1n) is 5.19. The molecule has 0 aliphatic carbocycles. The summed E-state index contributed by atoms with van der Waals surface area (Å²) >= 11 is 0. The third kappa shape index (κ3) is 2.65. The molecular formula is C13H17FO. The zero-order chi connectivity index (χ0) is 11.6. The van der Waals surface area contributed by atoms with Crippen molar-refractivity contribution in [2.45, 2.75) is 34.1 Å². The second-order valence-electron chi connectivity index (χ2n) is 4.58. The minimum atomic E-state index is -0.416. The lowest BCUT2D eigenvalue weighted by atomic mass is 9.82. The highest BCUT2D eigenvalue weighted by molar-refractivity contribution is 6.00. The highest BCUT2D eigenvalue weighted by Crippen LogP contribution is 2.26. The number of carbonyl (C=O) groups excluding carboxylic acids is 1. The van der Waals surface area contributed by atoms with Gasteiger partial charge in [0.25, 0.3) is 0 Å². The summed E-state index contributed by atoms with van der Waals surface area (Å²) in [6.07, 6.45) is 0.751. The zero-order valence-corrected chi connectivity index (χ0v) is 9.73. The van der Waals surface area contributed by atoms with Gasteiger partial charge in [-0.1, -0.05) is 20.8 Å². The molecule has 0 unspecified atom stereocenters. The molecule has 1 nitrogen and oxygen atoms in total. The third-order valence-electron chi connectivity index (χ3n) is 2.80. The molecule has 0 saturated heterocycles. The van der Waals surface area contributed by atoms with Crippen molar-refractivity contribution in [3.05, 3.63) is 35.1 Å². The molecule has 0 heterocycles. The Balaban J connectivity index is 3.12. The fourth-order valence-electron chi connectivity index (χ4n) is 1.42. The molecule has 0 spiro atoms. The van der Waals surface area contributed by atoms with Crippen LogP contribution in [0.15, 0.2) is 18.2 Å². The van der Waals surface area contributed by atoms with E-state index in [-0.39, 0.29) is 11.6 Å². The Morgan fingerprint density at radius 3 is 2.40 bits per heavy atom. The Morgan fingerprint density at radius 1 is 1.33 bits per heavy atom. The molecule has 0 atom stereocenters. The van der Waals surface area contributed by atoms with Crippen molar-refractivity contribution in [3.63, 3.8) is 0 Å². The molecule has 0 N–H and O–H groups in total. The maximum absolute atomic E-state index is 13.1. The lowest BCUT2D eigenvalue weighted by Crippen LogP contribution is -2.23. The molecule has 0 aromatic heterocycles. The van der Waals surface area contributed by atoms with E-state index in [4.69, 9.17) is 0 Å². The molecule has 0 amide bonds. The second-order valence-corrected chi connectivity index (χ2v) is 4.58. The smallest absolute Gasteiger partial charge is 0.168 e. The number of halogens is 1. The molecule has 1 aromatic carbocycles. The van der Waals surface area contributed by atoms with Gasteiger partial charge in [0, 0.05) is 11.0 Å². The van der Waals surface area contributed by atoms with Crippen molar-refractivity contribution < 1.29 is 9.18 Å². The Labute approximate surface area is 90.3 Å². The van der Waals surface area contributed by atoms with Crippen LogP contribution >= 0.6 is 0 Å². The number of benzene rings is 1. The fraction of sp³-hybridized carbons (Fsp3) is 0.462. The average molecular weight is 208 g/mol. The zero-order valence-electron chi connectivity index (χ0n) is 9.73. The van der Waals surface area contributed by atoms with Gasteiger partial charge in [-0.2, -0.15) is 0 Å². The topological polar surface area (TPSA) is 17.1 Å². The number of rotatable bonds is 3. The largest absolute Gasteiger partial charge is 0.294 e. The van der Waals surface area contributed by atoms with Crippen LogP contribution in [0, 0.1) is 18.2 Å². The Bertz CT molecular complexity index is 360. The molecule has 1 rings (SSSR count). The predicted molar refractivity (Wildman–Crippen MR) is 59.5 cm³/mol. The van der Waals surface area contributed by atoms with Crippen molar-refractivity contribution in [2.75, 3.05) is 0 Å². The minimum absolute atomic E-state index is 0.00704. The first kappa shape index (κ1) is 11.9. The van der Waals surface area contributed by atoms with Crippen molar-refractivity contribution in [3.8, 4) is 0 Å². The molecule has 0 aliphatic heterocycles. The molecule has 0 bridgehead atoms. The summed E-state index contributed by atoms with van der Waals surface area (Å²) in [5.41, 5.74) is 0.838.